The molecular formula is C22H17ClN2O3. The maximum atomic E-state index is 12.2. The maximum Gasteiger partial charge on any atom is 0.265 e. The Kier molecular flexibility index (Phi) is 6.15. The summed E-state index contributed by atoms with van der Waals surface area (Å²) < 4.78 is 11.4. The summed E-state index contributed by atoms with van der Waals surface area (Å²) in [6.45, 7) is 1.67. The molecule has 0 heterocycles. The van der Waals surface area contributed by atoms with Gasteiger partial charge >= 0.3 is 0 Å². The second-order valence-electron chi connectivity index (χ2n) is 5.97. The van der Waals surface area contributed by atoms with Crippen molar-refractivity contribution in [3.8, 4) is 23.3 Å². The van der Waals surface area contributed by atoms with Crippen LogP contribution in [0.2, 0.25) is 5.02 Å². The van der Waals surface area contributed by atoms with E-state index in [2.05, 4.69) is 11.4 Å². The van der Waals surface area contributed by atoms with Gasteiger partial charge in [-0.25, -0.2) is 0 Å². The number of rotatable bonds is 6. The van der Waals surface area contributed by atoms with Gasteiger partial charge in [-0.15, -0.1) is 0 Å². The molecule has 0 saturated carbocycles. The molecule has 3 aromatic rings. The second-order valence-corrected chi connectivity index (χ2v) is 6.40. The molecule has 0 radical (unpaired) electrons. The number of hydrogen-bond acceptors (Lipinski definition) is 4. The summed E-state index contributed by atoms with van der Waals surface area (Å²) in [5, 5.41) is 12.2. The fourth-order valence-electron chi connectivity index (χ4n) is 2.35. The van der Waals surface area contributed by atoms with Crippen molar-refractivity contribution in [2.24, 2.45) is 0 Å². The number of halogens is 1. The molecule has 0 aliphatic heterocycles. The van der Waals surface area contributed by atoms with Crippen LogP contribution in [-0.4, -0.2) is 12.0 Å². The van der Waals surface area contributed by atoms with Gasteiger partial charge in [0, 0.05) is 10.7 Å². The summed E-state index contributed by atoms with van der Waals surface area (Å²) in [5.41, 5.74) is 1.22. The quantitative estimate of drug-likeness (QED) is 0.608. The van der Waals surface area contributed by atoms with Gasteiger partial charge in [0.05, 0.1) is 11.6 Å². The summed E-state index contributed by atoms with van der Waals surface area (Å²) in [5.74, 6) is 1.53. The number of nitrogens with zero attached hydrogens (tertiary/aromatic N) is 1. The van der Waals surface area contributed by atoms with Gasteiger partial charge in [-0.05, 0) is 79.7 Å². The third kappa shape index (κ3) is 5.26. The molecular weight excluding hydrogens is 376 g/mol. The molecule has 0 fully saturated rings. The third-order valence-corrected chi connectivity index (χ3v) is 4.09. The molecule has 1 amide bonds. The van der Waals surface area contributed by atoms with Crippen molar-refractivity contribution in [3.05, 3.63) is 83.4 Å². The van der Waals surface area contributed by atoms with Crippen molar-refractivity contribution < 1.29 is 14.3 Å². The lowest BCUT2D eigenvalue weighted by Crippen LogP contribution is -2.30. The number of carbonyl (C=O) groups is 1. The molecule has 28 heavy (non-hydrogen) atoms. The first kappa shape index (κ1) is 19.3. The highest BCUT2D eigenvalue weighted by Gasteiger charge is 2.15. The Hall–Kier alpha value is -3.49. The van der Waals surface area contributed by atoms with Crippen molar-refractivity contribution in [2.75, 3.05) is 5.32 Å². The number of amides is 1. The van der Waals surface area contributed by atoms with Crippen molar-refractivity contribution in [2.45, 2.75) is 13.0 Å². The van der Waals surface area contributed by atoms with E-state index in [0.717, 1.165) is 0 Å². The molecule has 0 bridgehead atoms. The van der Waals surface area contributed by atoms with E-state index in [1.165, 1.54) is 0 Å². The molecule has 3 aromatic carbocycles. The van der Waals surface area contributed by atoms with Crippen LogP contribution in [0.1, 0.15) is 12.5 Å². The molecule has 1 N–H and O–H groups in total. The minimum absolute atomic E-state index is 0.264. The minimum atomic E-state index is -0.680. The molecule has 0 aromatic heterocycles. The number of nitrogens with one attached hydrogen (secondary N) is 1. The summed E-state index contributed by atoms with van der Waals surface area (Å²) in [6, 6.07) is 22.7. The zero-order chi connectivity index (χ0) is 19.9. The molecule has 1 atom stereocenters. The van der Waals surface area contributed by atoms with E-state index >= 15 is 0 Å². The Bertz CT molecular complexity index is 978. The standard InChI is InChI=1S/C22H17ClN2O3/c1-15(22(26)25-18-6-4-17(23)5-7-18)27-19-10-12-21(13-11-19)28-20-8-2-16(14-24)3-9-20/h2-13,15H,1H3,(H,25,26). The van der Waals surface area contributed by atoms with E-state index in [9.17, 15) is 4.79 Å². The first-order chi connectivity index (χ1) is 13.5. The van der Waals surface area contributed by atoms with E-state index in [4.69, 9.17) is 26.3 Å². The van der Waals surface area contributed by atoms with Crippen molar-refractivity contribution in [3.63, 3.8) is 0 Å². The highest BCUT2D eigenvalue weighted by atomic mass is 35.5. The Morgan fingerprint density at radius 2 is 1.46 bits per heavy atom. The smallest absolute Gasteiger partial charge is 0.265 e. The van der Waals surface area contributed by atoms with Crippen LogP contribution in [0.3, 0.4) is 0 Å². The van der Waals surface area contributed by atoms with Crippen LogP contribution in [0.25, 0.3) is 0 Å². The molecule has 0 aliphatic carbocycles. The van der Waals surface area contributed by atoms with Gasteiger partial charge in [0.2, 0.25) is 0 Å². The van der Waals surface area contributed by atoms with Crippen molar-refractivity contribution in [1.29, 1.82) is 5.26 Å². The Balaban J connectivity index is 1.56. The van der Waals surface area contributed by atoms with Crippen LogP contribution < -0.4 is 14.8 Å². The van der Waals surface area contributed by atoms with E-state index in [1.54, 1.807) is 79.7 Å². The van der Waals surface area contributed by atoms with E-state index < -0.39 is 6.10 Å². The molecule has 1 unspecified atom stereocenters. The molecule has 5 nitrogen and oxygen atoms in total. The zero-order valence-electron chi connectivity index (χ0n) is 15.1. The van der Waals surface area contributed by atoms with Crippen LogP contribution >= 0.6 is 11.6 Å². The van der Waals surface area contributed by atoms with E-state index in [1.807, 2.05) is 0 Å². The second kappa shape index (κ2) is 8.94. The highest BCUT2D eigenvalue weighted by Crippen LogP contribution is 2.24. The average Bonchev–Trinajstić information content (AvgIpc) is 2.71. The Labute approximate surface area is 168 Å². The van der Waals surface area contributed by atoms with Crippen LogP contribution in [0.5, 0.6) is 17.2 Å². The van der Waals surface area contributed by atoms with Gasteiger partial charge in [0.25, 0.3) is 5.91 Å². The molecule has 3 rings (SSSR count). The summed E-state index contributed by atoms with van der Waals surface area (Å²) >= 11 is 5.84. The van der Waals surface area contributed by atoms with Crippen LogP contribution in [0.4, 0.5) is 5.69 Å². The SMILES string of the molecule is CC(Oc1ccc(Oc2ccc(C#N)cc2)cc1)C(=O)Nc1ccc(Cl)cc1. The number of carbonyl (C=O) groups excluding carboxylic acids is 1. The molecule has 0 saturated heterocycles. The zero-order valence-corrected chi connectivity index (χ0v) is 15.8. The third-order valence-electron chi connectivity index (χ3n) is 3.84. The van der Waals surface area contributed by atoms with Gasteiger partial charge in [0.15, 0.2) is 6.10 Å². The van der Waals surface area contributed by atoms with Crippen LogP contribution in [0.15, 0.2) is 72.8 Å². The van der Waals surface area contributed by atoms with Gasteiger partial charge in [-0.3, -0.25) is 4.79 Å². The first-order valence-corrected chi connectivity index (χ1v) is 8.92. The predicted molar refractivity (Wildman–Crippen MR) is 108 cm³/mol. The lowest BCUT2D eigenvalue weighted by molar-refractivity contribution is -0.122. The van der Waals surface area contributed by atoms with Gasteiger partial charge in [-0.1, -0.05) is 11.6 Å². The average molecular weight is 393 g/mol. The van der Waals surface area contributed by atoms with Gasteiger partial charge < -0.3 is 14.8 Å². The number of hydrogen-bond donors (Lipinski definition) is 1. The molecule has 140 valence electrons. The lowest BCUT2D eigenvalue weighted by Gasteiger charge is -2.15. The molecule has 0 spiro atoms. The number of benzene rings is 3. The largest absolute Gasteiger partial charge is 0.481 e. The van der Waals surface area contributed by atoms with Crippen molar-refractivity contribution in [1.82, 2.24) is 0 Å². The van der Waals surface area contributed by atoms with Crippen LogP contribution in [0, 0.1) is 11.3 Å². The highest BCUT2D eigenvalue weighted by molar-refractivity contribution is 6.30. The lowest BCUT2D eigenvalue weighted by atomic mass is 10.2. The Morgan fingerprint density at radius 3 is 2.04 bits per heavy atom. The number of ether oxygens (including phenoxy) is 2. The number of anilines is 1. The fraction of sp³-hybridized carbons (Fsp3) is 0.0909. The normalized spacial score (nSPS) is 11.2. The molecule has 0 aliphatic rings. The maximum absolute atomic E-state index is 12.2. The Morgan fingerprint density at radius 1 is 0.929 bits per heavy atom. The first-order valence-electron chi connectivity index (χ1n) is 8.54. The van der Waals surface area contributed by atoms with E-state index in [-0.39, 0.29) is 5.91 Å². The van der Waals surface area contributed by atoms with Crippen LogP contribution in [-0.2, 0) is 4.79 Å². The summed E-state index contributed by atoms with van der Waals surface area (Å²) in [4.78, 5) is 12.2. The summed E-state index contributed by atoms with van der Waals surface area (Å²) in [7, 11) is 0. The van der Waals surface area contributed by atoms with Crippen molar-refractivity contribution >= 4 is 23.2 Å². The minimum Gasteiger partial charge on any atom is -0.481 e. The topological polar surface area (TPSA) is 71.3 Å². The number of nitriles is 1. The fourth-order valence-corrected chi connectivity index (χ4v) is 2.48. The van der Waals surface area contributed by atoms with E-state index in [0.29, 0.717) is 33.5 Å². The van der Waals surface area contributed by atoms with Gasteiger partial charge in [-0.2, -0.15) is 5.26 Å². The summed E-state index contributed by atoms with van der Waals surface area (Å²) in [6.07, 6.45) is -0.680. The predicted octanol–water partition coefficient (Wildman–Crippen LogP) is 5.41. The monoisotopic (exact) mass is 392 g/mol. The van der Waals surface area contributed by atoms with Gasteiger partial charge in [0.1, 0.15) is 17.2 Å². The molecule has 6 heteroatoms.